The number of nitrogens with two attached hydrogens (primary N) is 1. The van der Waals surface area contributed by atoms with Crippen LogP contribution in [0.5, 0.6) is 0 Å². The van der Waals surface area contributed by atoms with Gasteiger partial charge in [-0.3, -0.25) is 10.4 Å². The third-order valence-corrected chi connectivity index (χ3v) is 2.14. The molecule has 1 rings (SSSR count). The summed E-state index contributed by atoms with van der Waals surface area (Å²) >= 11 is 11.8. The van der Waals surface area contributed by atoms with Crippen LogP contribution in [-0.2, 0) is 4.79 Å². The molecule has 0 aliphatic heterocycles. The van der Waals surface area contributed by atoms with Crippen molar-refractivity contribution in [3.05, 3.63) is 33.8 Å². The lowest BCUT2D eigenvalue weighted by molar-refractivity contribution is -0.114. The molecule has 6 heteroatoms. The van der Waals surface area contributed by atoms with Gasteiger partial charge in [0.15, 0.2) is 0 Å². The maximum Gasteiger partial charge on any atom is 0.126 e. The molecule has 0 aliphatic rings. The van der Waals surface area contributed by atoms with Gasteiger partial charge < -0.3 is 10.5 Å². The summed E-state index contributed by atoms with van der Waals surface area (Å²) in [7, 11) is 0. The number of nitrogens with zero attached hydrogens (tertiary/aromatic N) is 1. The van der Waals surface area contributed by atoms with Gasteiger partial charge in [0.1, 0.15) is 11.6 Å². The SMILES string of the molecule is CC(C)=O.N=C(N)CN=Cc1c(Cl)cccc1Cl. The molecule has 1 aromatic rings. The fourth-order valence-corrected chi connectivity index (χ4v) is 1.36. The van der Waals surface area contributed by atoms with Crippen molar-refractivity contribution in [2.24, 2.45) is 10.7 Å². The van der Waals surface area contributed by atoms with Crippen LogP contribution in [0.1, 0.15) is 19.4 Å². The van der Waals surface area contributed by atoms with Crippen LogP contribution in [0, 0.1) is 5.41 Å². The van der Waals surface area contributed by atoms with Crippen LogP contribution in [0.2, 0.25) is 10.0 Å². The van der Waals surface area contributed by atoms with Gasteiger partial charge in [-0.2, -0.15) is 0 Å². The molecule has 1 aromatic carbocycles. The Hall–Kier alpha value is -1.39. The first-order valence-electron chi connectivity index (χ1n) is 5.08. The Bertz CT molecular complexity index is 434. The highest BCUT2D eigenvalue weighted by molar-refractivity contribution is 6.38. The smallest absolute Gasteiger partial charge is 0.126 e. The number of hydrogen-bond acceptors (Lipinski definition) is 3. The van der Waals surface area contributed by atoms with E-state index in [1.165, 1.54) is 20.1 Å². The molecule has 0 radical (unpaired) electrons. The first-order valence-corrected chi connectivity index (χ1v) is 5.84. The minimum Gasteiger partial charge on any atom is -0.386 e. The molecule has 0 spiro atoms. The van der Waals surface area contributed by atoms with E-state index in [2.05, 4.69) is 4.99 Å². The monoisotopic (exact) mass is 287 g/mol. The van der Waals surface area contributed by atoms with Gasteiger partial charge >= 0.3 is 0 Å². The maximum atomic E-state index is 9.44. The second-order valence-corrected chi connectivity index (χ2v) is 4.35. The van der Waals surface area contributed by atoms with Crippen LogP contribution in [0.25, 0.3) is 0 Å². The number of carbonyl (C=O) groups excluding carboxylic acids is 1. The van der Waals surface area contributed by atoms with Gasteiger partial charge in [-0.25, -0.2) is 0 Å². The van der Waals surface area contributed by atoms with Crippen molar-refractivity contribution < 1.29 is 4.79 Å². The first kappa shape index (κ1) is 16.6. The lowest BCUT2D eigenvalue weighted by atomic mass is 10.2. The average molecular weight is 288 g/mol. The Labute approximate surface area is 116 Å². The third kappa shape index (κ3) is 7.81. The van der Waals surface area contributed by atoms with Crippen LogP contribution < -0.4 is 5.73 Å². The second-order valence-electron chi connectivity index (χ2n) is 3.54. The summed E-state index contributed by atoms with van der Waals surface area (Å²) < 4.78 is 0. The predicted molar refractivity (Wildman–Crippen MR) is 77.2 cm³/mol. The molecule has 4 nitrogen and oxygen atoms in total. The summed E-state index contributed by atoms with van der Waals surface area (Å²) in [4.78, 5) is 13.4. The molecule has 0 saturated heterocycles. The number of Topliss-reactive ketones (excluding diaryl/α,β-unsaturated/α-hetero) is 1. The molecule has 0 fully saturated rings. The summed E-state index contributed by atoms with van der Waals surface area (Å²) in [5.74, 6) is 0.171. The van der Waals surface area contributed by atoms with Crippen molar-refractivity contribution in [2.75, 3.05) is 6.54 Å². The van der Waals surface area contributed by atoms with Gasteiger partial charge in [-0.15, -0.1) is 0 Å². The van der Waals surface area contributed by atoms with Gasteiger partial charge in [-0.1, -0.05) is 29.3 Å². The number of rotatable bonds is 3. The number of aliphatic imine (C=N–C) groups is 1. The van der Waals surface area contributed by atoms with E-state index < -0.39 is 0 Å². The summed E-state index contributed by atoms with van der Waals surface area (Å²) in [5.41, 5.74) is 5.79. The Morgan fingerprint density at radius 1 is 1.39 bits per heavy atom. The number of benzene rings is 1. The van der Waals surface area contributed by atoms with Gasteiger partial charge in [-0.05, 0) is 26.0 Å². The van der Waals surface area contributed by atoms with Gasteiger partial charge in [0.2, 0.25) is 0 Å². The van der Waals surface area contributed by atoms with Crippen LogP contribution in [0.4, 0.5) is 0 Å². The molecule has 98 valence electrons. The van der Waals surface area contributed by atoms with E-state index in [9.17, 15) is 4.79 Å². The molecule has 0 heterocycles. The van der Waals surface area contributed by atoms with E-state index in [0.29, 0.717) is 15.6 Å². The van der Waals surface area contributed by atoms with Crippen molar-refractivity contribution in [3.63, 3.8) is 0 Å². The quantitative estimate of drug-likeness (QED) is 0.662. The predicted octanol–water partition coefficient (Wildman–Crippen LogP) is 2.94. The number of ketones is 1. The zero-order chi connectivity index (χ0) is 14.1. The van der Waals surface area contributed by atoms with Crippen molar-refractivity contribution in [1.29, 1.82) is 5.41 Å². The number of halogens is 2. The van der Waals surface area contributed by atoms with Gasteiger partial charge in [0, 0.05) is 11.8 Å². The molecule has 0 aliphatic carbocycles. The molecule has 0 atom stereocenters. The Morgan fingerprint density at radius 2 is 1.83 bits per heavy atom. The van der Waals surface area contributed by atoms with Crippen LogP contribution in [0.3, 0.4) is 0 Å². The Balaban J connectivity index is 0.000000631. The third-order valence-electron chi connectivity index (χ3n) is 1.48. The van der Waals surface area contributed by atoms with E-state index >= 15 is 0 Å². The molecule has 0 amide bonds. The zero-order valence-corrected chi connectivity index (χ0v) is 11.7. The van der Waals surface area contributed by atoms with Crippen molar-refractivity contribution >= 4 is 41.0 Å². The van der Waals surface area contributed by atoms with E-state index in [1.807, 2.05) is 0 Å². The molecule has 3 N–H and O–H groups in total. The maximum absolute atomic E-state index is 9.44. The number of nitrogens with one attached hydrogen (secondary N) is 1. The first-order chi connectivity index (χ1) is 8.34. The Morgan fingerprint density at radius 3 is 2.22 bits per heavy atom. The van der Waals surface area contributed by atoms with E-state index in [0.717, 1.165) is 0 Å². The number of hydrogen-bond donors (Lipinski definition) is 2. The van der Waals surface area contributed by atoms with Crippen LogP contribution >= 0.6 is 23.2 Å². The van der Waals surface area contributed by atoms with Crippen molar-refractivity contribution in [2.45, 2.75) is 13.8 Å². The average Bonchev–Trinajstić information content (AvgIpc) is 2.21. The zero-order valence-electron chi connectivity index (χ0n) is 10.2. The lowest BCUT2D eigenvalue weighted by Gasteiger charge is -1.99. The van der Waals surface area contributed by atoms with Gasteiger partial charge in [0.05, 0.1) is 16.6 Å². The number of amidine groups is 1. The molecule has 0 saturated carbocycles. The number of carbonyl (C=O) groups is 1. The largest absolute Gasteiger partial charge is 0.386 e. The highest BCUT2D eigenvalue weighted by Gasteiger charge is 2.01. The summed E-state index contributed by atoms with van der Waals surface area (Å²) in [6, 6.07) is 5.21. The summed E-state index contributed by atoms with van der Waals surface area (Å²) in [6.45, 7) is 3.21. The molecule has 0 unspecified atom stereocenters. The lowest BCUT2D eigenvalue weighted by Crippen LogP contribution is -2.13. The molecular weight excluding hydrogens is 273 g/mol. The summed E-state index contributed by atoms with van der Waals surface area (Å²) in [6.07, 6.45) is 1.52. The highest BCUT2D eigenvalue weighted by Crippen LogP contribution is 2.21. The van der Waals surface area contributed by atoms with Gasteiger partial charge in [0.25, 0.3) is 0 Å². The van der Waals surface area contributed by atoms with E-state index in [-0.39, 0.29) is 18.2 Å². The second kappa shape index (κ2) is 8.66. The van der Waals surface area contributed by atoms with Crippen molar-refractivity contribution in [1.82, 2.24) is 0 Å². The minimum absolute atomic E-state index is 0.00410. The fraction of sp³-hybridized carbons (Fsp3) is 0.250. The van der Waals surface area contributed by atoms with Crippen LogP contribution in [-0.4, -0.2) is 24.4 Å². The van der Waals surface area contributed by atoms with E-state index in [1.54, 1.807) is 18.2 Å². The van der Waals surface area contributed by atoms with Crippen molar-refractivity contribution in [3.8, 4) is 0 Å². The minimum atomic E-state index is 0.00410. The summed E-state index contributed by atoms with van der Waals surface area (Å²) in [5, 5.41) is 8.03. The topological polar surface area (TPSA) is 79.3 Å². The molecule has 0 bridgehead atoms. The normalized spacial score (nSPS) is 9.78. The van der Waals surface area contributed by atoms with E-state index in [4.69, 9.17) is 34.3 Å². The highest BCUT2D eigenvalue weighted by atomic mass is 35.5. The standard InChI is InChI=1S/C9H9Cl2N3.C3H6O/c10-7-2-1-3-8(11)6(7)4-14-5-9(12)13;1-3(2)4/h1-4H,5H2,(H3,12,13);1-2H3. The molecular formula is C12H15Cl2N3O. The Kier molecular flexibility index (Phi) is 8.00. The molecule has 18 heavy (non-hydrogen) atoms. The fourth-order valence-electron chi connectivity index (χ4n) is 0.869. The van der Waals surface area contributed by atoms with Crippen LogP contribution in [0.15, 0.2) is 23.2 Å². The molecule has 0 aromatic heterocycles.